The fourth-order valence-corrected chi connectivity index (χ4v) is 13.7. The van der Waals surface area contributed by atoms with Crippen molar-refractivity contribution in [3.63, 3.8) is 0 Å². The van der Waals surface area contributed by atoms with Crippen LogP contribution in [-0.2, 0) is 32.5 Å². The molecule has 13 rings (SSSR count). The van der Waals surface area contributed by atoms with Crippen molar-refractivity contribution in [3.8, 4) is 55.9 Å². The van der Waals surface area contributed by atoms with E-state index in [-0.39, 0.29) is 32.5 Å². The fraction of sp³-hybridized carbons (Fsp3) is 0.279. The molecule has 0 fully saturated rings. The Morgan fingerprint density at radius 1 is 0.193 bits per heavy atom. The third-order valence-electron chi connectivity index (χ3n) is 19.1. The molecule has 0 aliphatic rings. The average molecular weight is 1150 g/mol. The van der Waals surface area contributed by atoms with E-state index in [0.29, 0.717) is 0 Å². The first-order valence-corrected chi connectivity index (χ1v) is 32.1. The van der Waals surface area contributed by atoms with Crippen LogP contribution in [0.3, 0.4) is 0 Å². The summed E-state index contributed by atoms with van der Waals surface area (Å²) in [4.78, 5) is 0. The van der Waals surface area contributed by atoms with Gasteiger partial charge in [-0.3, -0.25) is 0 Å². The highest BCUT2D eigenvalue weighted by atomic mass is 15.0. The van der Waals surface area contributed by atoms with E-state index < -0.39 is 0 Å². The van der Waals surface area contributed by atoms with Crippen LogP contribution in [-0.4, -0.2) is 9.13 Å². The molecule has 0 saturated carbocycles. The minimum Gasteiger partial charge on any atom is -0.309 e. The second kappa shape index (κ2) is 20.6. The Balaban J connectivity index is 1.09. The number of rotatable bonds is 6. The lowest BCUT2D eigenvalue weighted by molar-refractivity contribution is 0.590. The van der Waals surface area contributed by atoms with Crippen LogP contribution >= 0.6 is 0 Å². The van der Waals surface area contributed by atoms with Gasteiger partial charge in [-0.15, -0.1) is 0 Å². The highest BCUT2D eigenvalue weighted by molar-refractivity contribution is 6.15. The van der Waals surface area contributed by atoms with Gasteiger partial charge in [0.25, 0.3) is 0 Å². The van der Waals surface area contributed by atoms with Crippen LogP contribution in [0, 0.1) is 0 Å². The topological polar surface area (TPSA) is 9.86 Å². The van der Waals surface area contributed by atoms with Crippen molar-refractivity contribution in [3.05, 3.63) is 240 Å². The molecule has 442 valence electrons. The van der Waals surface area contributed by atoms with Crippen LogP contribution in [0.15, 0.2) is 206 Å². The largest absolute Gasteiger partial charge is 0.309 e. The molecule has 0 aliphatic heterocycles. The van der Waals surface area contributed by atoms with E-state index in [1.165, 1.54) is 154 Å². The number of hydrogen-bond acceptors (Lipinski definition) is 0. The maximum Gasteiger partial charge on any atom is 0.0541 e. The summed E-state index contributed by atoms with van der Waals surface area (Å²) in [7, 11) is 0. The Bertz CT molecular complexity index is 4450. The number of nitrogens with zero attached hydrogens (tertiary/aromatic N) is 2. The lowest BCUT2D eigenvalue weighted by Crippen LogP contribution is -2.10. The fourth-order valence-electron chi connectivity index (χ4n) is 13.7. The summed E-state index contributed by atoms with van der Waals surface area (Å²) in [5.74, 6) is 0. The normalized spacial score (nSPS) is 13.1. The molecule has 13 aromatic rings. The minimum absolute atomic E-state index is 0.00213. The molecule has 2 heteroatoms. The van der Waals surface area contributed by atoms with Crippen LogP contribution in [0.2, 0.25) is 0 Å². The van der Waals surface area contributed by atoms with Gasteiger partial charge in [-0.25, -0.2) is 0 Å². The monoisotopic (exact) mass is 1150 g/mol. The van der Waals surface area contributed by atoms with Crippen LogP contribution in [0.25, 0.3) is 121 Å². The first-order chi connectivity index (χ1) is 41.4. The highest BCUT2D eigenvalue weighted by Gasteiger charge is 2.27. The molecule has 0 aliphatic carbocycles. The van der Waals surface area contributed by atoms with Gasteiger partial charge in [-0.05, 0) is 194 Å². The first kappa shape index (κ1) is 58.6. The Kier molecular flexibility index (Phi) is 13.7. The van der Waals surface area contributed by atoms with E-state index in [0.717, 1.165) is 0 Å². The smallest absolute Gasteiger partial charge is 0.0541 e. The third kappa shape index (κ3) is 10.2. The Labute approximate surface area is 523 Å². The van der Waals surface area contributed by atoms with Gasteiger partial charge in [0.15, 0.2) is 0 Å². The molecule has 2 aromatic heterocycles. The summed E-state index contributed by atoms with van der Waals surface area (Å²) in [6.07, 6.45) is 0. The first-order valence-electron chi connectivity index (χ1n) is 32.1. The number of benzene rings is 11. The minimum atomic E-state index is -0.00213. The van der Waals surface area contributed by atoms with Crippen LogP contribution in [0.4, 0.5) is 0 Å². The SMILES string of the molecule is CC(C)(C)c1ccc(-c2cc(-c3ccc(-n4c5ccc(C(C)(C)C)cc5c5cc(C(C)(C)C)ccc54)c4ccccc34)c(-c3ccc(C(C)(C)C)cc3)cc2-c2ccc(-n3c4ccc(C(C)(C)C)cc4c4cc(C(C)(C)C)ccc43)c3ccccc23)cc1. The van der Waals surface area contributed by atoms with Crippen molar-refractivity contribution >= 4 is 65.2 Å². The number of hydrogen-bond donors (Lipinski definition) is 0. The van der Waals surface area contributed by atoms with E-state index >= 15 is 0 Å². The molecule has 88 heavy (non-hydrogen) atoms. The Morgan fingerprint density at radius 2 is 0.443 bits per heavy atom. The van der Waals surface area contributed by atoms with Crippen molar-refractivity contribution in [1.82, 2.24) is 9.13 Å². The zero-order chi connectivity index (χ0) is 62.4. The van der Waals surface area contributed by atoms with Gasteiger partial charge in [-0.2, -0.15) is 0 Å². The second-order valence-electron chi connectivity index (χ2n) is 31.6. The predicted molar refractivity (Wildman–Crippen MR) is 384 cm³/mol. The molecule has 0 unspecified atom stereocenters. The van der Waals surface area contributed by atoms with Crippen molar-refractivity contribution in [2.45, 2.75) is 157 Å². The molecule has 2 heterocycles. The zero-order valence-electron chi connectivity index (χ0n) is 55.5. The highest BCUT2D eigenvalue weighted by Crippen LogP contribution is 2.49. The van der Waals surface area contributed by atoms with E-state index in [9.17, 15) is 0 Å². The maximum atomic E-state index is 2.54. The van der Waals surface area contributed by atoms with Gasteiger partial charge in [0.2, 0.25) is 0 Å². The summed E-state index contributed by atoms with van der Waals surface area (Å²) in [5.41, 5.74) is 24.8. The lowest BCUT2D eigenvalue weighted by atomic mass is 9.81. The van der Waals surface area contributed by atoms with E-state index in [4.69, 9.17) is 0 Å². The van der Waals surface area contributed by atoms with Gasteiger partial charge >= 0.3 is 0 Å². The summed E-state index contributed by atoms with van der Waals surface area (Å²) in [5, 5.41) is 10.0. The third-order valence-corrected chi connectivity index (χ3v) is 19.1. The number of aromatic nitrogens is 2. The quantitative estimate of drug-likeness (QED) is 0.157. The van der Waals surface area contributed by atoms with Crippen molar-refractivity contribution in [2.24, 2.45) is 0 Å². The molecule has 0 N–H and O–H groups in total. The lowest BCUT2D eigenvalue weighted by Gasteiger charge is -2.24. The molecule has 11 aromatic carbocycles. The zero-order valence-corrected chi connectivity index (χ0v) is 55.5. The summed E-state index contributed by atoms with van der Waals surface area (Å²) in [6.45, 7) is 41.7. The summed E-state index contributed by atoms with van der Waals surface area (Å²) in [6, 6.07) is 80.5. The van der Waals surface area contributed by atoms with E-state index in [2.05, 4.69) is 340 Å². The van der Waals surface area contributed by atoms with Crippen molar-refractivity contribution in [1.29, 1.82) is 0 Å². The molecule has 0 bridgehead atoms. The van der Waals surface area contributed by atoms with Crippen LogP contribution < -0.4 is 0 Å². The van der Waals surface area contributed by atoms with Crippen molar-refractivity contribution < 1.29 is 0 Å². The molecule has 2 nitrogen and oxygen atoms in total. The van der Waals surface area contributed by atoms with Crippen molar-refractivity contribution in [2.75, 3.05) is 0 Å². The molecular formula is C86H88N2. The molecule has 0 saturated heterocycles. The average Bonchev–Trinajstić information content (AvgIpc) is 1.54. The molecular weight excluding hydrogens is 1060 g/mol. The predicted octanol–water partition coefficient (Wildman–Crippen LogP) is 24.6. The second-order valence-corrected chi connectivity index (χ2v) is 31.6. The van der Waals surface area contributed by atoms with Gasteiger partial charge in [0.05, 0.1) is 33.4 Å². The van der Waals surface area contributed by atoms with Crippen LogP contribution in [0.1, 0.15) is 158 Å². The maximum absolute atomic E-state index is 2.54. The van der Waals surface area contributed by atoms with Crippen LogP contribution in [0.5, 0.6) is 0 Å². The van der Waals surface area contributed by atoms with E-state index in [1.54, 1.807) is 0 Å². The molecule has 0 radical (unpaired) electrons. The molecule has 0 atom stereocenters. The Hall–Kier alpha value is -8.46. The van der Waals surface area contributed by atoms with Gasteiger partial charge < -0.3 is 9.13 Å². The number of fused-ring (bicyclic) bond motifs is 8. The standard InChI is InChI=1S/C86H88N2/c1-81(2,3)55-31-27-53(28-32-55)67-51-70(64-40-46-76(66-26-22-20-24-62(64)66)88-79-43-37-59(85(13,14)15)49-73(79)74-50-60(86(16,17)18)38-44-80(74)88)68(54-29-33-56(34-30-54)82(4,5)6)52-69(67)63-39-45-75(65-25-21-19-23-61(63)65)87-77-41-35-57(83(7,8)9)47-71(77)72-48-58(84(10,11)12)36-42-78(72)87/h19-52H,1-18H3. The summed E-state index contributed by atoms with van der Waals surface area (Å²) >= 11 is 0. The van der Waals surface area contributed by atoms with Gasteiger partial charge in [0.1, 0.15) is 0 Å². The molecule has 0 spiro atoms. The van der Waals surface area contributed by atoms with Gasteiger partial charge in [-0.1, -0.05) is 258 Å². The van der Waals surface area contributed by atoms with E-state index in [1.807, 2.05) is 0 Å². The van der Waals surface area contributed by atoms with Gasteiger partial charge in [0, 0.05) is 32.3 Å². The Morgan fingerprint density at radius 3 is 0.705 bits per heavy atom. The molecule has 0 amide bonds. The summed E-state index contributed by atoms with van der Waals surface area (Å²) < 4.78 is 5.07.